The van der Waals surface area contributed by atoms with Crippen LogP contribution in [-0.2, 0) is 4.74 Å². The lowest BCUT2D eigenvalue weighted by Gasteiger charge is -2.40. The maximum atomic E-state index is 5.44. The van der Waals surface area contributed by atoms with Crippen molar-refractivity contribution < 1.29 is 4.74 Å². The number of hydrogen-bond acceptors (Lipinski definition) is 3. The van der Waals surface area contributed by atoms with Crippen molar-refractivity contribution in [3.63, 3.8) is 0 Å². The van der Waals surface area contributed by atoms with Crippen molar-refractivity contribution in [2.24, 2.45) is 0 Å². The van der Waals surface area contributed by atoms with Crippen LogP contribution in [0.25, 0.3) is 0 Å². The van der Waals surface area contributed by atoms with Gasteiger partial charge >= 0.3 is 0 Å². The molecular formula is C11H24N2O. The lowest BCUT2D eigenvalue weighted by molar-refractivity contribution is -0.0243. The third-order valence-electron chi connectivity index (χ3n) is 3.19. The van der Waals surface area contributed by atoms with Crippen LogP contribution in [0.5, 0.6) is 0 Å². The molecular weight excluding hydrogens is 176 g/mol. The Bertz CT molecular complexity index is 163. The van der Waals surface area contributed by atoms with Gasteiger partial charge in [-0.3, -0.25) is 4.90 Å². The van der Waals surface area contributed by atoms with Gasteiger partial charge in [0.15, 0.2) is 0 Å². The highest BCUT2D eigenvalue weighted by Crippen LogP contribution is 2.13. The minimum atomic E-state index is 0.555. The van der Waals surface area contributed by atoms with E-state index in [0.29, 0.717) is 18.1 Å². The van der Waals surface area contributed by atoms with Gasteiger partial charge in [-0.25, -0.2) is 0 Å². The van der Waals surface area contributed by atoms with Crippen LogP contribution in [0.4, 0.5) is 0 Å². The predicted octanol–water partition coefficient (Wildman–Crippen LogP) is 1.09. The Hall–Kier alpha value is -0.120. The van der Waals surface area contributed by atoms with E-state index >= 15 is 0 Å². The van der Waals surface area contributed by atoms with Crippen molar-refractivity contribution in [1.82, 2.24) is 10.2 Å². The van der Waals surface area contributed by atoms with Gasteiger partial charge in [0.25, 0.3) is 0 Å². The molecule has 14 heavy (non-hydrogen) atoms. The first-order valence-corrected chi connectivity index (χ1v) is 5.73. The average molecular weight is 200 g/mol. The first kappa shape index (κ1) is 12.0. The van der Waals surface area contributed by atoms with Gasteiger partial charge in [-0.05, 0) is 27.3 Å². The molecule has 1 heterocycles. The Morgan fingerprint density at radius 3 is 2.79 bits per heavy atom. The zero-order valence-electron chi connectivity index (χ0n) is 9.92. The van der Waals surface area contributed by atoms with E-state index in [1.54, 1.807) is 0 Å². The van der Waals surface area contributed by atoms with Gasteiger partial charge in [-0.1, -0.05) is 6.92 Å². The molecule has 0 radical (unpaired) electrons. The van der Waals surface area contributed by atoms with E-state index in [0.717, 1.165) is 26.3 Å². The molecule has 0 aliphatic carbocycles. The number of rotatable bonds is 4. The average Bonchev–Trinajstić information content (AvgIpc) is 2.18. The van der Waals surface area contributed by atoms with Crippen molar-refractivity contribution in [3.05, 3.63) is 0 Å². The first-order chi connectivity index (χ1) is 6.66. The van der Waals surface area contributed by atoms with Crippen LogP contribution in [-0.4, -0.2) is 49.3 Å². The zero-order valence-corrected chi connectivity index (χ0v) is 9.92. The summed E-state index contributed by atoms with van der Waals surface area (Å²) < 4.78 is 5.44. The highest BCUT2D eigenvalue weighted by Gasteiger charge is 2.26. The van der Waals surface area contributed by atoms with E-state index < -0.39 is 0 Å². The molecule has 3 unspecified atom stereocenters. The molecule has 0 aromatic carbocycles. The number of hydrogen-bond donors (Lipinski definition) is 1. The van der Waals surface area contributed by atoms with Gasteiger partial charge in [0.05, 0.1) is 13.2 Å². The summed E-state index contributed by atoms with van der Waals surface area (Å²) in [4.78, 5) is 2.54. The van der Waals surface area contributed by atoms with E-state index in [1.807, 2.05) is 0 Å². The quantitative estimate of drug-likeness (QED) is 0.735. The minimum Gasteiger partial charge on any atom is -0.379 e. The summed E-state index contributed by atoms with van der Waals surface area (Å²) in [5.74, 6) is 0. The molecule has 1 fully saturated rings. The summed E-state index contributed by atoms with van der Waals surface area (Å²) in [5, 5.41) is 3.48. The summed E-state index contributed by atoms with van der Waals surface area (Å²) in [6, 6.07) is 1.70. The molecule has 1 N–H and O–H groups in total. The smallest absolute Gasteiger partial charge is 0.0619 e. The van der Waals surface area contributed by atoms with Gasteiger partial charge in [0.2, 0.25) is 0 Å². The number of nitrogens with one attached hydrogen (secondary N) is 1. The Morgan fingerprint density at radius 2 is 2.21 bits per heavy atom. The Balaban J connectivity index is 2.44. The van der Waals surface area contributed by atoms with E-state index in [4.69, 9.17) is 4.74 Å². The van der Waals surface area contributed by atoms with Gasteiger partial charge in [-0.2, -0.15) is 0 Å². The van der Waals surface area contributed by atoms with Crippen LogP contribution in [0.2, 0.25) is 0 Å². The summed E-state index contributed by atoms with van der Waals surface area (Å²) in [5.41, 5.74) is 0. The number of nitrogens with zero attached hydrogens (tertiary/aromatic N) is 1. The van der Waals surface area contributed by atoms with Crippen molar-refractivity contribution in [3.8, 4) is 0 Å². The monoisotopic (exact) mass is 200 g/mol. The van der Waals surface area contributed by atoms with Gasteiger partial charge in [0, 0.05) is 24.7 Å². The summed E-state index contributed by atoms with van der Waals surface area (Å²) in [6.45, 7) is 12.8. The number of morpholine rings is 1. The molecule has 3 nitrogen and oxygen atoms in total. The van der Waals surface area contributed by atoms with Crippen molar-refractivity contribution in [1.29, 1.82) is 0 Å². The summed E-state index contributed by atoms with van der Waals surface area (Å²) >= 11 is 0. The fourth-order valence-corrected chi connectivity index (χ4v) is 2.12. The SMILES string of the molecule is CCNC(C)C(C)N1CCOCC1C. The molecule has 1 aliphatic rings. The second-order valence-corrected chi connectivity index (χ2v) is 4.25. The van der Waals surface area contributed by atoms with Crippen LogP contribution in [0.3, 0.4) is 0 Å². The molecule has 1 saturated heterocycles. The fraction of sp³-hybridized carbons (Fsp3) is 1.00. The van der Waals surface area contributed by atoms with Crippen LogP contribution in [0, 0.1) is 0 Å². The largest absolute Gasteiger partial charge is 0.379 e. The molecule has 0 saturated carbocycles. The molecule has 1 aliphatic heterocycles. The molecule has 3 atom stereocenters. The second kappa shape index (κ2) is 5.69. The molecule has 3 heteroatoms. The molecule has 0 aromatic heterocycles. The third-order valence-corrected chi connectivity index (χ3v) is 3.19. The van der Waals surface area contributed by atoms with Crippen LogP contribution >= 0.6 is 0 Å². The van der Waals surface area contributed by atoms with E-state index in [-0.39, 0.29) is 0 Å². The first-order valence-electron chi connectivity index (χ1n) is 5.73. The second-order valence-electron chi connectivity index (χ2n) is 4.25. The maximum Gasteiger partial charge on any atom is 0.0619 e. The van der Waals surface area contributed by atoms with Crippen LogP contribution in [0.1, 0.15) is 27.7 Å². The van der Waals surface area contributed by atoms with Crippen LogP contribution < -0.4 is 5.32 Å². The number of likely N-dealkylation sites (N-methyl/N-ethyl adjacent to an activating group) is 1. The van der Waals surface area contributed by atoms with Gasteiger partial charge < -0.3 is 10.1 Å². The standard InChI is InChI=1S/C11H24N2O/c1-5-12-10(3)11(4)13-6-7-14-8-9(13)2/h9-12H,5-8H2,1-4H3. The van der Waals surface area contributed by atoms with Crippen molar-refractivity contribution in [2.45, 2.75) is 45.8 Å². The highest BCUT2D eigenvalue weighted by atomic mass is 16.5. The molecule has 0 aromatic rings. The van der Waals surface area contributed by atoms with Crippen molar-refractivity contribution >= 4 is 0 Å². The fourth-order valence-electron chi connectivity index (χ4n) is 2.12. The Kier molecular flexibility index (Phi) is 4.85. The molecule has 1 rings (SSSR count). The predicted molar refractivity (Wildman–Crippen MR) is 59.6 cm³/mol. The summed E-state index contributed by atoms with van der Waals surface area (Å²) in [6.07, 6.45) is 0. The molecule has 84 valence electrons. The van der Waals surface area contributed by atoms with Gasteiger partial charge in [0.1, 0.15) is 0 Å². The van der Waals surface area contributed by atoms with Gasteiger partial charge in [-0.15, -0.1) is 0 Å². The molecule has 0 bridgehead atoms. The zero-order chi connectivity index (χ0) is 10.6. The van der Waals surface area contributed by atoms with E-state index in [9.17, 15) is 0 Å². The molecule has 0 spiro atoms. The Morgan fingerprint density at radius 1 is 1.50 bits per heavy atom. The van der Waals surface area contributed by atoms with Crippen molar-refractivity contribution in [2.75, 3.05) is 26.3 Å². The lowest BCUT2D eigenvalue weighted by atomic mass is 10.1. The van der Waals surface area contributed by atoms with Crippen LogP contribution in [0.15, 0.2) is 0 Å². The normalized spacial score (nSPS) is 28.7. The topological polar surface area (TPSA) is 24.5 Å². The maximum absolute atomic E-state index is 5.44. The molecule has 0 amide bonds. The lowest BCUT2D eigenvalue weighted by Crippen LogP contribution is -2.54. The van der Waals surface area contributed by atoms with E-state index in [1.165, 1.54) is 0 Å². The Labute approximate surface area is 87.8 Å². The number of ether oxygens (including phenoxy) is 1. The minimum absolute atomic E-state index is 0.555. The summed E-state index contributed by atoms with van der Waals surface area (Å²) in [7, 11) is 0. The third kappa shape index (κ3) is 2.94. The highest BCUT2D eigenvalue weighted by molar-refractivity contribution is 4.82. The van der Waals surface area contributed by atoms with E-state index in [2.05, 4.69) is 37.9 Å².